The lowest BCUT2D eigenvalue weighted by Gasteiger charge is -2.29. The summed E-state index contributed by atoms with van der Waals surface area (Å²) in [6, 6.07) is 8.35. The van der Waals surface area contributed by atoms with Gasteiger partial charge < -0.3 is 10.2 Å². The monoisotopic (exact) mass is 472 g/mol. The molecule has 0 fully saturated rings. The SMILES string of the molecule is CC(C)CNC(=O)C(C)N(Cc1ccc(Cl)cc1Cl)C(=O)Cc1c(F)cccc1Cl. The highest BCUT2D eigenvalue weighted by atomic mass is 35.5. The molecule has 8 heteroatoms. The van der Waals surface area contributed by atoms with Gasteiger partial charge in [0.2, 0.25) is 11.8 Å². The Bertz CT molecular complexity index is 901. The molecular weight excluding hydrogens is 450 g/mol. The first-order valence-corrected chi connectivity index (χ1v) is 10.7. The number of benzene rings is 2. The van der Waals surface area contributed by atoms with Gasteiger partial charge in [-0.2, -0.15) is 0 Å². The van der Waals surface area contributed by atoms with Crippen LogP contribution in [0.3, 0.4) is 0 Å². The minimum absolute atomic E-state index is 0.0666. The average molecular weight is 474 g/mol. The molecule has 2 amide bonds. The Morgan fingerprint density at radius 3 is 2.37 bits per heavy atom. The molecule has 0 saturated heterocycles. The van der Waals surface area contributed by atoms with E-state index in [9.17, 15) is 14.0 Å². The van der Waals surface area contributed by atoms with Gasteiger partial charge in [0, 0.05) is 33.7 Å². The number of halogens is 4. The first-order valence-electron chi connectivity index (χ1n) is 9.54. The van der Waals surface area contributed by atoms with Crippen molar-refractivity contribution >= 4 is 46.6 Å². The van der Waals surface area contributed by atoms with E-state index in [1.165, 1.54) is 23.1 Å². The molecule has 0 spiro atoms. The van der Waals surface area contributed by atoms with E-state index in [1.54, 1.807) is 25.1 Å². The van der Waals surface area contributed by atoms with Crippen LogP contribution in [0.5, 0.6) is 0 Å². The summed E-state index contributed by atoms with van der Waals surface area (Å²) in [5.74, 6) is -1.06. The van der Waals surface area contributed by atoms with E-state index in [0.717, 1.165) is 0 Å². The van der Waals surface area contributed by atoms with Gasteiger partial charge in [-0.15, -0.1) is 0 Å². The van der Waals surface area contributed by atoms with E-state index in [-0.39, 0.29) is 35.4 Å². The molecule has 0 aliphatic carbocycles. The molecule has 4 nitrogen and oxygen atoms in total. The molecule has 30 heavy (non-hydrogen) atoms. The lowest BCUT2D eigenvalue weighted by Crippen LogP contribution is -2.48. The molecule has 0 bridgehead atoms. The maximum atomic E-state index is 14.2. The van der Waals surface area contributed by atoms with Crippen molar-refractivity contribution < 1.29 is 14.0 Å². The minimum atomic E-state index is -0.798. The van der Waals surface area contributed by atoms with Crippen LogP contribution in [0.2, 0.25) is 15.1 Å². The zero-order valence-corrected chi connectivity index (χ0v) is 19.3. The summed E-state index contributed by atoms with van der Waals surface area (Å²) in [5.41, 5.74) is 0.712. The molecule has 0 aliphatic rings. The fourth-order valence-corrected chi connectivity index (χ4v) is 3.52. The molecule has 162 valence electrons. The topological polar surface area (TPSA) is 49.4 Å². The third kappa shape index (κ3) is 6.59. The highest BCUT2D eigenvalue weighted by Gasteiger charge is 2.28. The predicted molar refractivity (Wildman–Crippen MR) is 119 cm³/mol. The quantitative estimate of drug-likeness (QED) is 0.549. The smallest absolute Gasteiger partial charge is 0.242 e. The van der Waals surface area contributed by atoms with Gasteiger partial charge in [0.1, 0.15) is 11.9 Å². The second-order valence-electron chi connectivity index (χ2n) is 7.45. The van der Waals surface area contributed by atoms with Crippen molar-refractivity contribution in [2.45, 2.75) is 39.8 Å². The van der Waals surface area contributed by atoms with Crippen LogP contribution >= 0.6 is 34.8 Å². The third-order valence-electron chi connectivity index (χ3n) is 4.60. The molecule has 2 aromatic rings. The Morgan fingerprint density at radius 1 is 1.07 bits per heavy atom. The van der Waals surface area contributed by atoms with Crippen LogP contribution in [0.25, 0.3) is 0 Å². The number of nitrogens with one attached hydrogen (secondary N) is 1. The van der Waals surface area contributed by atoms with E-state index in [0.29, 0.717) is 22.2 Å². The van der Waals surface area contributed by atoms with Crippen molar-refractivity contribution in [3.8, 4) is 0 Å². The lowest BCUT2D eigenvalue weighted by molar-refractivity contribution is -0.140. The molecule has 1 N–H and O–H groups in total. The minimum Gasteiger partial charge on any atom is -0.354 e. The van der Waals surface area contributed by atoms with Gasteiger partial charge in [-0.3, -0.25) is 9.59 Å². The number of amides is 2. The molecule has 1 atom stereocenters. The number of hydrogen-bond donors (Lipinski definition) is 1. The Labute approximate surface area is 191 Å². The summed E-state index contributed by atoms with van der Waals surface area (Å²) in [5, 5.41) is 3.82. The zero-order chi connectivity index (χ0) is 22.4. The van der Waals surface area contributed by atoms with Crippen LogP contribution in [0.1, 0.15) is 31.9 Å². The molecule has 1 unspecified atom stereocenters. The van der Waals surface area contributed by atoms with Gasteiger partial charge in [-0.05, 0) is 42.7 Å². The second kappa shape index (κ2) is 11.0. The summed E-state index contributed by atoms with van der Waals surface area (Å²) >= 11 is 18.3. The van der Waals surface area contributed by atoms with Gasteiger partial charge in [0.15, 0.2) is 0 Å². The molecule has 0 aliphatic heterocycles. The first kappa shape index (κ1) is 24.4. The first-order chi connectivity index (χ1) is 14.1. The van der Waals surface area contributed by atoms with Crippen molar-refractivity contribution in [2.75, 3.05) is 6.54 Å². The van der Waals surface area contributed by atoms with E-state index in [2.05, 4.69) is 5.32 Å². The Hall–Kier alpha value is -1.82. The largest absolute Gasteiger partial charge is 0.354 e. The van der Waals surface area contributed by atoms with Crippen LogP contribution in [0.4, 0.5) is 4.39 Å². The molecule has 0 aromatic heterocycles. The average Bonchev–Trinajstić information content (AvgIpc) is 2.67. The second-order valence-corrected chi connectivity index (χ2v) is 8.70. The van der Waals surface area contributed by atoms with E-state index in [1.807, 2.05) is 13.8 Å². The molecule has 0 radical (unpaired) electrons. The number of nitrogens with zero attached hydrogens (tertiary/aromatic N) is 1. The highest BCUT2D eigenvalue weighted by molar-refractivity contribution is 6.35. The van der Waals surface area contributed by atoms with E-state index >= 15 is 0 Å². The number of carbonyl (C=O) groups is 2. The summed E-state index contributed by atoms with van der Waals surface area (Å²) in [7, 11) is 0. The van der Waals surface area contributed by atoms with Crippen LogP contribution in [-0.4, -0.2) is 29.3 Å². The van der Waals surface area contributed by atoms with Crippen molar-refractivity contribution in [2.24, 2.45) is 5.92 Å². The Balaban J connectivity index is 2.31. The third-order valence-corrected chi connectivity index (χ3v) is 5.54. The highest BCUT2D eigenvalue weighted by Crippen LogP contribution is 2.25. The van der Waals surface area contributed by atoms with E-state index in [4.69, 9.17) is 34.8 Å². The van der Waals surface area contributed by atoms with Crippen LogP contribution < -0.4 is 5.32 Å². The molecule has 2 rings (SSSR count). The number of rotatable bonds is 8. The van der Waals surface area contributed by atoms with Crippen LogP contribution in [0.15, 0.2) is 36.4 Å². The molecule has 0 saturated carbocycles. The Morgan fingerprint density at radius 2 is 1.77 bits per heavy atom. The zero-order valence-electron chi connectivity index (χ0n) is 17.0. The predicted octanol–water partition coefficient (Wildman–Crippen LogP) is 5.52. The van der Waals surface area contributed by atoms with Crippen molar-refractivity contribution in [3.63, 3.8) is 0 Å². The summed E-state index contributed by atoms with van der Waals surface area (Å²) in [6.07, 6.45) is -0.279. The van der Waals surface area contributed by atoms with Gasteiger partial charge in [-0.1, -0.05) is 60.8 Å². The maximum Gasteiger partial charge on any atom is 0.242 e. The van der Waals surface area contributed by atoms with Gasteiger partial charge in [0.25, 0.3) is 0 Å². The molecule has 0 heterocycles. The maximum absolute atomic E-state index is 14.2. The lowest BCUT2D eigenvalue weighted by atomic mass is 10.1. The fraction of sp³-hybridized carbons (Fsp3) is 0.364. The van der Waals surface area contributed by atoms with Crippen LogP contribution in [0, 0.1) is 11.7 Å². The van der Waals surface area contributed by atoms with Crippen molar-refractivity contribution in [1.29, 1.82) is 0 Å². The number of carbonyl (C=O) groups excluding carboxylic acids is 2. The molecular formula is C22H24Cl3FN2O2. The summed E-state index contributed by atoms with van der Waals surface area (Å²) < 4.78 is 14.2. The standard InChI is InChI=1S/C22H24Cl3FN2O2/c1-13(2)11-27-22(30)14(3)28(12-15-7-8-16(23)9-19(15)25)21(29)10-17-18(24)5-4-6-20(17)26/h4-9,13-14H,10-12H2,1-3H3,(H,27,30). The van der Waals surface area contributed by atoms with Crippen molar-refractivity contribution in [3.05, 3.63) is 68.4 Å². The molecule has 2 aromatic carbocycles. The normalized spacial score (nSPS) is 12.0. The Kier molecular flexibility index (Phi) is 8.95. The van der Waals surface area contributed by atoms with Crippen LogP contribution in [-0.2, 0) is 22.6 Å². The van der Waals surface area contributed by atoms with Gasteiger partial charge >= 0.3 is 0 Å². The summed E-state index contributed by atoms with van der Waals surface area (Å²) in [4.78, 5) is 27.2. The van der Waals surface area contributed by atoms with E-state index < -0.39 is 17.8 Å². The van der Waals surface area contributed by atoms with Gasteiger partial charge in [0.05, 0.1) is 6.42 Å². The van der Waals surface area contributed by atoms with Crippen molar-refractivity contribution in [1.82, 2.24) is 10.2 Å². The summed E-state index contributed by atoms with van der Waals surface area (Å²) in [6.45, 7) is 6.12. The fourth-order valence-electron chi connectivity index (χ4n) is 2.82. The van der Waals surface area contributed by atoms with Gasteiger partial charge in [-0.25, -0.2) is 4.39 Å². The number of hydrogen-bond acceptors (Lipinski definition) is 2.